The van der Waals surface area contributed by atoms with Crippen molar-refractivity contribution in [1.82, 2.24) is 19.9 Å². The van der Waals surface area contributed by atoms with Crippen LogP contribution in [-0.2, 0) is 22.0 Å². The third-order valence-corrected chi connectivity index (χ3v) is 6.12. The second-order valence-corrected chi connectivity index (χ2v) is 8.51. The Morgan fingerprint density at radius 1 is 1.19 bits per heavy atom. The Bertz CT molecular complexity index is 948. The molecule has 0 aliphatic rings. The van der Waals surface area contributed by atoms with E-state index in [0.29, 0.717) is 17.9 Å². The Labute approximate surface area is 153 Å². The third kappa shape index (κ3) is 4.19. The van der Waals surface area contributed by atoms with Gasteiger partial charge in [0.2, 0.25) is 5.89 Å². The summed E-state index contributed by atoms with van der Waals surface area (Å²) in [5, 5.41) is 7.36. The maximum absolute atomic E-state index is 12.7. The molecule has 1 atom stereocenters. The number of benzene rings is 1. The minimum absolute atomic E-state index is 0.138. The van der Waals surface area contributed by atoms with E-state index < -0.39 is 15.1 Å². The van der Waals surface area contributed by atoms with Crippen LogP contribution in [-0.4, -0.2) is 28.3 Å². The number of hydrogen-bond donors (Lipinski definition) is 0. The van der Waals surface area contributed by atoms with Crippen molar-refractivity contribution in [3.63, 3.8) is 0 Å². The summed E-state index contributed by atoms with van der Waals surface area (Å²) in [5.41, 5.74) is 1.35. The molecule has 3 aromatic rings. The topological polar surface area (TPSA) is 90.9 Å². The molecule has 2 aromatic heterocycles. The molecule has 1 aromatic carbocycles. The van der Waals surface area contributed by atoms with Crippen LogP contribution in [0.25, 0.3) is 5.69 Å². The van der Waals surface area contributed by atoms with Crippen molar-refractivity contribution < 1.29 is 12.9 Å². The third-order valence-electron chi connectivity index (χ3n) is 4.14. The first-order valence-corrected chi connectivity index (χ1v) is 10.3. The van der Waals surface area contributed by atoms with Gasteiger partial charge in [0.25, 0.3) is 0 Å². The van der Waals surface area contributed by atoms with Gasteiger partial charge >= 0.3 is 0 Å². The highest BCUT2D eigenvalue weighted by Gasteiger charge is 2.29. The van der Waals surface area contributed by atoms with E-state index in [2.05, 4.69) is 22.2 Å². The summed E-state index contributed by atoms with van der Waals surface area (Å²) >= 11 is 0. The van der Waals surface area contributed by atoms with E-state index >= 15 is 0 Å². The molecule has 0 saturated carbocycles. The number of unbranched alkanes of at least 4 members (excludes halogenated alkanes) is 1. The summed E-state index contributed by atoms with van der Waals surface area (Å²) in [6.45, 7) is 3.64. The van der Waals surface area contributed by atoms with E-state index in [9.17, 15) is 8.42 Å². The molecule has 2 heterocycles. The van der Waals surface area contributed by atoms with E-state index in [1.54, 1.807) is 23.9 Å². The molecule has 0 aliphatic carbocycles. The minimum Gasteiger partial charge on any atom is -0.338 e. The SMILES string of the molecule is CCCCc1noc(C(C)S(=O)(=O)Cc2ccn(-c3ccccc3)n2)n1. The Kier molecular flexibility index (Phi) is 5.51. The van der Waals surface area contributed by atoms with Gasteiger partial charge in [-0.25, -0.2) is 13.1 Å². The lowest BCUT2D eigenvalue weighted by Crippen LogP contribution is -2.14. The van der Waals surface area contributed by atoms with Gasteiger partial charge in [0, 0.05) is 12.6 Å². The number of hydrogen-bond acceptors (Lipinski definition) is 6. The highest BCUT2D eigenvalue weighted by Crippen LogP contribution is 2.24. The number of para-hydroxylation sites is 1. The van der Waals surface area contributed by atoms with E-state index in [4.69, 9.17) is 4.52 Å². The molecule has 8 heteroatoms. The number of aryl methyl sites for hydroxylation is 1. The smallest absolute Gasteiger partial charge is 0.244 e. The Morgan fingerprint density at radius 2 is 1.96 bits per heavy atom. The van der Waals surface area contributed by atoms with Crippen molar-refractivity contribution in [2.24, 2.45) is 0 Å². The van der Waals surface area contributed by atoms with Crippen LogP contribution in [0.4, 0.5) is 0 Å². The fourth-order valence-electron chi connectivity index (χ4n) is 2.52. The number of sulfone groups is 1. The number of rotatable bonds is 8. The van der Waals surface area contributed by atoms with Crippen LogP contribution in [0.5, 0.6) is 0 Å². The van der Waals surface area contributed by atoms with Crippen LogP contribution < -0.4 is 0 Å². The Balaban J connectivity index is 1.72. The van der Waals surface area contributed by atoms with Gasteiger partial charge in [-0.2, -0.15) is 10.1 Å². The molecule has 1 unspecified atom stereocenters. The van der Waals surface area contributed by atoms with Crippen LogP contribution in [0.2, 0.25) is 0 Å². The zero-order valence-electron chi connectivity index (χ0n) is 14.9. The van der Waals surface area contributed by atoms with Crippen molar-refractivity contribution in [1.29, 1.82) is 0 Å². The molecule has 0 saturated heterocycles. The number of aromatic nitrogens is 4. The Morgan fingerprint density at radius 3 is 2.69 bits per heavy atom. The number of nitrogens with zero attached hydrogens (tertiary/aromatic N) is 4. The molecule has 138 valence electrons. The first-order valence-electron chi connectivity index (χ1n) is 8.63. The summed E-state index contributed by atoms with van der Waals surface area (Å²) in [7, 11) is -3.51. The molecular formula is C18H22N4O3S. The van der Waals surface area contributed by atoms with Crippen LogP contribution in [0, 0.1) is 0 Å². The lowest BCUT2D eigenvalue weighted by Gasteiger charge is -2.07. The van der Waals surface area contributed by atoms with Gasteiger partial charge < -0.3 is 4.52 Å². The molecule has 0 fully saturated rings. The molecule has 3 rings (SSSR count). The first-order chi connectivity index (χ1) is 12.5. The highest BCUT2D eigenvalue weighted by atomic mass is 32.2. The van der Waals surface area contributed by atoms with E-state index in [-0.39, 0.29) is 11.6 Å². The summed E-state index contributed by atoms with van der Waals surface area (Å²) in [6, 6.07) is 11.2. The summed E-state index contributed by atoms with van der Waals surface area (Å²) in [6.07, 6.45) is 4.40. The van der Waals surface area contributed by atoms with Gasteiger partial charge in [-0.1, -0.05) is 36.7 Å². The van der Waals surface area contributed by atoms with Gasteiger partial charge in [0.1, 0.15) is 5.25 Å². The van der Waals surface area contributed by atoms with Gasteiger partial charge in [0.15, 0.2) is 15.7 Å². The average Bonchev–Trinajstić information content (AvgIpc) is 3.29. The molecule has 0 amide bonds. The van der Waals surface area contributed by atoms with Crippen molar-refractivity contribution in [3.05, 3.63) is 60.0 Å². The monoisotopic (exact) mass is 374 g/mol. The van der Waals surface area contributed by atoms with Crippen LogP contribution >= 0.6 is 0 Å². The lowest BCUT2D eigenvalue weighted by atomic mass is 10.2. The Hall–Kier alpha value is -2.48. The van der Waals surface area contributed by atoms with Gasteiger partial charge in [-0.3, -0.25) is 0 Å². The maximum Gasteiger partial charge on any atom is 0.244 e. The van der Waals surface area contributed by atoms with Crippen LogP contribution in [0.3, 0.4) is 0 Å². The summed E-state index contributed by atoms with van der Waals surface area (Å²) < 4.78 is 32.2. The van der Waals surface area contributed by atoms with Crippen LogP contribution in [0.1, 0.15) is 49.3 Å². The van der Waals surface area contributed by atoms with Gasteiger partial charge in [-0.15, -0.1) is 0 Å². The van der Waals surface area contributed by atoms with Gasteiger partial charge in [-0.05, 0) is 31.5 Å². The standard InChI is InChI=1S/C18H22N4O3S/c1-3-4-10-17-19-18(25-21-17)14(2)26(23,24)13-15-11-12-22(20-15)16-8-6-5-7-9-16/h5-9,11-12,14H,3-4,10,13H2,1-2H3. The van der Waals surface area contributed by atoms with Crippen molar-refractivity contribution in [2.75, 3.05) is 0 Å². The second kappa shape index (κ2) is 7.82. The van der Waals surface area contributed by atoms with E-state index in [0.717, 1.165) is 18.5 Å². The molecule has 0 N–H and O–H groups in total. The molecule has 0 bridgehead atoms. The lowest BCUT2D eigenvalue weighted by molar-refractivity contribution is 0.370. The van der Waals surface area contributed by atoms with Crippen molar-refractivity contribution >= 4 is 9.84 Å². The second-order valence-electron chi connectivity index (χ2n) is 6.19. The summed E-state index contributed by atoms with van der Waals surface area (Å²) in [4.78, 5) is 4.23. The molecular weight excluding hydrogens is 352 g/mol. The average molecular weight is 374 g/mol. The quantitative estimate of drug-likeness (QED) is 0.601. The zero-order valence-corrected chi connectivity index (χ0v) is 15.7. The first kappa shape index (κ1) is 18.3. The van der Waals surface area contributed by atoms with Gasteiger partial charge in [0.05, 0.1) is 17.1 Å². The fourth-order valence-corrected chi connectivity index (χ4v) is 3.74. The largest absolute Gasteiger partial charge is 0.338 e. The van der Waals surface area contributed by atoms with E-state index in [1.807, 2.05) is 30.3 Å². The van der Waals surface area contributed by atoms with Crippen molar-refractivity contribution in [3.8, 4) is 5.69 Å². The molecule has 0 spiro atoms. The normalized spacial score (nSPS) is 13.0. The molecule has 7 nitrogen and oxygen atoms in total. The highest BCUT2D eigenvalue weighted by molar-refractivity contribution is 7.90. The molecule has 0 aliphatic heterocycles. The zero-order chi connectivity index (χ0) is 18.6. The summed E-state index contributed by atoms with van der Waals surface area (Å²) in [5.74, 6) is 0.511. The predicted octanol–water partition coefficient (Wildman–Crippen LogP) is 3.27. The molecule has 26 heavy (non-hydrogen) atoms. The maximum atomic E-state index is 12.7. The molecule has 0 radical (unpaired) electrons. The van der Waals surface area contributed by atoms with E-state index in [1.165, 1.54) is 0 Å². The van der Waals surface area contributed by atoms with Crippen molar-refractivity contribution in [2.45, 2.75) is 44.1 Å². The minimum atomic E-state index is -3.51. The predicted molar refractivity (Wildman–Crippen MR) is 97.5 cm³/mol. The van der Waals surface area contributed by atoms with Crippen LogP contribution in [0.15, 0.2) is 47.1 Å². The fraction of sp³-hybridized carbons (Fsp3) is 0.389.